The summed E-state index contributed by atoms with van der Waals surface area (Å²) in [4.78, 5) is 0. The molecule has 1 N–H and O–H groups in total. The molecule has 0 amide bonds. The normalized spacial score (nSPS) is 19.6. The summed E-state index contributed by atoms with van der Waals surface area (Å²) in [7, 11) is 0. The van der Waals surface area contributed by atoms with Gasteiger partial charge in [-0.05, 0) is 42.0 Å². The predicted molar refractivity (Wildman–Crippen MR) is 63.6 cm³/mol. The molecule has 0 heterocycles. The van der Waals surface area contributed by atoms with Crippen molar-refractivity contribution >= 4 is 5.57 Å². The van der Waals surface area contributed by atoms with E-state index >= 15 is 0 Å². The zero-order valence-corrected chi connectivity index (χ0v) is 9.67. The number of allylic oxidation sites excluding steroid dienone is 1. The minimum atomic E-state index is -0.361. The number of hydrogen-bond donors (Lipinski definition) is 1. The highest BCUT2D eigenvalue weighted by atomic mass is 16.3. The molecule has 1 aromatic carbocycles. The smallest absolute Gasteiger partial charge is 0.101 e. The van der Waals surface area contributed by atoms with E-state index in [9.17, 15) is 5.11 Å². The highest BCUT2D eigenvalue weighted by molar-refractivity contribution is 5.77. The summed E-state index contributed by atoms with van der Waals surface area (Å²) in [5.41, 5.74) is 6.18. The molecule has 80 valence electrons. The third-order valence-electron chi connectivity index (χ3n) is 3.28. The first-order valence-corrected chi connectivity index (χ1v) is 5.69. The maximum Gasteiger partial charge on any atom is 0.101 e. The van der Waals surface area contributed by atoms with Crippen molar-refractivity contribution in [3.63, 3.8) is 0 Å². The van der Waals surface area contributed by atoms with Gasteiger partial charge in [0.2, 0.25) is 0 Å². The molecule has 1 aromatic rings. The third-order valence-corrected chi connectivity index (χ3v) is 3.28. The molecule has 0 radical (unpaired) electrons. The van der Waals surface area contributed by atoms with Gasteiger partial charge in [0.05, 0.1) is 0 Å². The van der Waals surface area contributed by atoms with Gasteiger partial charge in [0, 0.05) is 0 Å². The Morgan fingerprint density at radius 2 is 1.93 bits per heavy atom. The van der Waals surface area contributed by atoms with Crippen molar-refractivity contribution in [3.8, 4) is 0 Å². The highest BCUT2D eigenvalue weighted by Crippen LogP contribution is 2.43. The summed E-state index contributed by atoms with van der Waals surface area (Å²) in [5.74, 6) is 0. The molecule has 2 rings (SSSR count). The zero-order chi connectivity index (χ0) is 11.0. The van der Waals surface area contributed by atoms with E-state index in [4.69, 9.17) is 0 Å². The fraction of sp³-hybridized carbons (Fsp3) is 0.429. The van der Waals surface area contributed by atoms with Gasteiger partial charge in [0.1, 0.15) is 6.10 Å². The first-order valence-electron chi connectivity index (χ1n) is 5.69. The molecule has 1 heteroatoms. The number of benzene rings is 1. The Kier molecular flexibility index (Phi) is 2.66. The summed E-state index contributed by atoms with van der Waals surface area (Å²) in [6.07, 6.45) is 1.59. The first-order chi connectivity index (χ1) is 7.19. The van der Waals surface area contributed by atoms with Gasteiger partial charge >= 0.3 is 0 Å². The minimum absolute atomic E-state index is 0.361. The van der Waals surface area contributed by atoms with Crippen molar-refractivity contribution in [2.24, 2.45) is 0 Å². The third kappa shape index (κ3) is 1.51. The maximum atomic E-state index is 10.2. The van der Waals surface area contributed by atoms with Crippen molar-refractivity contribution in [2.75, 3.05) is 0 Å². The molecule has 15 heavy (non-hydrogen) atoms. The standard InChI is InChI=1S/C14H18O/c1-4-10-11(5-2)14(15)12-7-6-9(3)8-13(10)12/h6-8,14-15H,4-5H2,1-3H3. The molecule has 0 saturated carbocycles. The van der Waals surface area contributed by atoms with Gasteiger partial charge in [-0.15, -0.1) is 0 Å². The molecule has 1 unspecified atom stereocenters. The number of rotatable bonds is 2. The number of aryl methyl sites for hydroxylation is 1. The number of fused-ring (bicyclic) bond motifs is 1. The lowest BCUT2D eigenvalue weighted by molar-refractivity contribution is 0.216. The van der Waals surface area contributed by atoms with Gasteiger partial charge in [0.25, 0.3) is 0 Å². The largest absolute Gasteiger partial charge is 0.384 e. The molecular formula is C14H18O. The second-order valence-corrected chi connectivity index (χ2v) is 4.20. The second kappa shape index (κ2) is 3.82. The first kappa shape index (κ1) is 10.4. The second-order valence-electron chi connectivity index (χ2n) is 4.20. The summed E-state index contributed by atoms with van der Waals surface area (Å²) >= 11 is 0. The van der Waals surface area contributed by atoms with Gasteiger partial charge in [-0.3, -0.25) is 0 Å². The monoisotopic (exact) mass is 202 g/mol. The molecule has 0 saturated heterocycles. The van der Waals surface area contributed by atoms with Crippen LogP contribution in [0.25, 0.3) is 5.57 Å². The van der Waals surface area contributed by atoms with Gasteiger partial charge in [-0.2, -0.15) is 0 Å². The Bertz CT molecular complexity index is 415. The van der Waals surface area contributed by atoms with E-state index in [2.05, 4.69) is 39.0 Å². The molecule has 1 atom stereocenters. The van der Waals surface area contributed by atoms with Crippen LogP contribution in [0.3, 0.4) is 0 Å². The van der Waals surface area contributed by atoms with Crippen LogP contribution in [0.4, 0.5) is 0 Å². The molecule has 0 aliphatic heterocycles. The predicted octanol–water partition coefficient (Wildman–Crippen LogP) is 3.62. The number of aliphatic hydroxyl groups is 1. The molecule has 1 aliphatic rings. The van der Waals surface area contributed by atoms with Crippen LogP contribution in [0.5, 0.6) is 0 Å². The fourth-order valence-electron chi connectivity index (χ4n) is 2.52. The van der Waals surface area contributed by atoms with Crippen LogP contribution in [0.1, 0.15) is 49.5 Å². The van der Waals surface area contributed by atoms with Gasteiger partial charge in [-0.25, -0.2) is 0 Å². The molecule has 0 aromatic heterocycles. The Hall–Kier alpha value is -1.08. The summed E-state index contributed by atoms with van der Waals surface area (Å²) in [6.45, 7) is 6.38. The van der Waals surface area contributed by atoms with Crippen molar-refractivity contribution in [1.29, 1.82) is 0 Å². The minimum Gasteiger partial charge on any atom is -0.384 e. The van der Waals surface area contributed by atoms with Crippen LogP contribution in [-0.2, 0) is 0 Å². The molecule has 1 aliphatic carbocycles. The Balaban J connectivity index is 2.60. The van der Waals surface area contributed by atoms with E-state index in [1.807, 2.05) is 0 Å². The van der Waals surface area contributed by atoms with Crippen molar-refractivity contribution in [2.45, 2.75) is 39.7 Å². The molecular weight excluding hydrogens is 184 g/mol. The van der Waals surface area contributed by atoms with Gasteiger partial charge < -0.3 is 5.11 Å². The Labute approximate surface area is 91.4 Å². The lowest BCUT2D eigenvalue weighted by Crippen LogP contribution is -1.96. The van der Waals surface area contributed by atoms with Crippen LogP contribution in [0.2, 0.25) is 0 Å². The maximum absolute atomic E-state index is 10.2. The zero-order valence-electron chi connectivity index (χ0n) is 9.67. The van der Waals surface area contributed by atoms with Crippen LogP contribution in [0, 0.1) is 6.92 Å². The Morgan fingerprint density at radius 1 is 1.20 bits per heavy atom. The van der Waals surface area contributed by atoms with Gasteiger partial charge in [-0.1, -0.05) is 37.6 Å². The van der Waals surface area contributed by atoms with Crippen LogP contribution in [-0.4, -0.2) is 5.11 Å². The summed E-state index contributed by atoms with van der Waals surface area (Å²) in [6, 6.07) is 6.33. The van der Waals surface area contributed by atoms with Crippen LogP contribution < -0.4 is 0 Å². The lowest BCUT2D eigenvalue weighted by Gasteiger charge is -2.08. The average Bonchev–Trinajstić information content (AvgIpc) is 2.50. The van der Waals surface area contributed by atoms with E-state index in [0.29, 0.717) is 0 Å². The van der Waals surface area contributed by atoms with E-state index in [-0.39, 0.29) is 6.10 Å². The van der Waals surface area contributed by atoms with Crippen LogP contribution >= 0.6 is 0 Å². The number of hydrogen-bond acceptors (Lipinski definition) is 1. The van der Waals surface area contributed by atoms with Crippen molar-refractivity contribution < 1.29 is 5.11 Å². The highest BCUT2D eigenvalue weighted by Gasteiger charge is 2.27. The van der Waals surface area contributed by atoms with E-state index in [0.717, 1.165) is 18.4 Å². The lowest BCUT2D eigenvalue weighted by atomic mass is 10.0. The van der Waals surface area contributed by atoms with E-state index in [1.165, 1.54) is 22.3 Å². The fourth-order valence-corrected chi connectivity index (χ4v) is 2.52. The Morgan fingerprint density at radius 3 is 2.53 bits per heavy atom. The molecule has 1 nitrogen and oxygen atoms in total. The SMILES string of the molecule is CCC1=C(CC)C(O)c2ccc(C)cc21. The summed E-state index contributed by atoms with van der Waals surface area (Å²) in [5, 5.41) is 10.2. The summed E-state index contributed by atoms with van der Waals surface area (Å²) < 4.78 is 0. The number of aliphatic hydroxyl groups excluding tert-OH is 1. The van der Waals surface area contributed by atoms with E-state index < -0.39 is 0 Å². The molecule has 0 spiro atoms. The van der Waals surface area contributed by atoms with Crippen molar-refractivity contribution in [3.05, 3.63) is 40.5 Å². The van der Waals surface area contributed by atoms with Crippen molar-refractivity contribution in [1.82, 2.24) is 0 Å². The van der Waals surface area contributed by atoms with Crippen LogP contribution in [0.15, 0.2) is 23.8 Å². The molecule has 0 bridgehead atoms. The quantitative estimate of drug-likeness (QED) is 0.776. The van der Waals surface area contributed by atoms with Gasteiger partial charge in [0.15, 0.2) is 0 Å². The average molecular weight is 202 g/mol. The topological polar surface area (TPSA) is 20.2 Å². The molecule has 0 fully saturated rings. The van der Waals surface area contributed by atoms with E-state index in [1.54, 1.807) is 0 Å².